The summed E-state index contributed by atoms with van der Waals surface area (Å²) in [6.45, 7) is 1.94. The third-order valence-electron chi connectivity index (χ3n) is 3.00. The van der Waals surface area contributed by atoms with Crippen LogP contribution in [-0.4, -0.2) is 18.2 Å². The Balaban J connectivity index is 2.69. The summed E-state index contributed by atoms with van der Waals surface area (Å²) in [6.07, 6.45) is 0.650. The van der Waals surface area contributed by atoms with Gasteiger partial charge in [-0.3, -0.25) is 0 Å². The van der Waals surface area contributed by atoms with E-state index in [4.69, 9.17) is 22.1 Å². The normalized spacial score (nSPS) is 10.6. The van der Waals surface area contributed by atoms with Gasteiger partial charge >= 0.3 is 5.97 Å². The Labute approximate surface area is 125 Å². The average Bonchev–Trinajstić information content (AvgIpc) is 2.75. The number of hydrogen-bond donors (Lipinski definition) is 2. The van der Waals surface area contributed by atoms with Gasteiger partial charge in [-0.05, 0) is 30.2 Å². The molecule has 0 amide bonds. The zero-order valence-corrected chi connectivity index (χ0v) is 12.6. The van der Waals surface area contributed by atoms with E-state index in [1.54, 1.807) is 19.2 Å². The largest absolute Gasteiger partial charge is 0.496 e. The molecule has 0 aliphatic heterocycles. The minimum Gasteiger partial charge on any atom is -0.496 e. The Morgan fingerprint density at radius 1 is 1.50 bits per heavy atom. The lowest BCUT2D eigenvalue weighted by Crippen LogP contribution is -1.99. The lowest BCUT2D eigenvalue weighted by molar-refractivity contribution is 0.0703. The van der Waals surface area contributed by atoms with E-state index < -0.39 is 5.97 Å². The van der Waals surface area contributed by atoms with Crippen molar-refractivity contribution in [3.63, 3.8) is 0 Å². The molecule has 0 atom stereocenters. The molecule has 6 heteroatoms. The molecular formula is C14H14ClNO3S. The summed E-state index contributed by atoms with van der Waals surface area (Å²) in [7, 11) is 1.55. The summed E-state index contributed by atoms with van der Waals surface area (Å²) >= 11 is 7.11. The van der Waals surface area contributed by atoms with Gasteiger partial charge in [0.2, 0.25) is 0 Å². The standard InChI is InChI=1S/C14H14ClNO3S/c1-3-8-11(16)13(14(17)18)20-12(8)9-5-4-7(15)6-10(9)19-2/h4-6H,3,16H2,1-2H3,(H,17,18). The van der Waals surface area contributed by atoms with Crippen molar-refractivity contribution >= 4 is 34.6 Å². The molecule has 1 aromatic carbocycles. The smallest absolute Gasteiger partial charge is 0.348 e. The summed E-state index contributed by atoms with van der Waals surface area (Å²) in [5.41, 5.74) is 7.90. The van der Waals surface area contributed by atoms with E-state index in [-0.39, 0.29) is 4.88 Å². The molecule has 106 valence electrons. The molecule has 0 aliphatic rings. The molecule has 3 N–H and O–H groups in total. The van der Waals surface area contributed by atoms with Gasteiger partial charge in [-0.25, -0.2) is 4.79 Å². The van der Waals surface area contributed by atoms with Crippen LogP contribution >= 0.6 is 22.9 Å². The maximum absolute atomic E-state index is 11.2. The third-order valence-corrected chi connectivity index (χ3v) is 4.51. The van der Waals surface area contributed by atoms with Crippen LogP contribution in [0.2, 0.25) is 5.02 Å². The zero-order valence-electron chi connectivity index (χ0n) is 11.1. The van der Waals surface area contributed by atoms with Crippen LogP contribution in [0.3, 0.4) is 0 Å². The lowest BCUT2D eigenvalue weighted by Gasteiger charge is -2.09. The highest BCUT2D eigenvalue weighted by atomic mass is 35.5. The van der Waals surface area contributed by atoms with Crippen LogP contribution in [0.5, 0.6) is 5.75 Å². The summed E-state index contributed by atoms with van der Waals surface area (Å²) in [5.74, 6) is -0.410. The number of benzene rings is 1. The Bertz CT molecular complexity index is 667. The zero-order chi connectivity index (χ0) is 14.9. The Morgan fingerprint density at radius 3 is 2.75 bits per heavy atom. The van der Waals surface area contributed by atoms with E-state index in [0.717, 1.165) is 27.3 Å². The SMILES string of the molecule is CCc1c(-c2ccc(Cl)cc2OC)sc(C(=O)O)c1N. The van der Waals surface area contributed by atoms with Gasteiger partial charge in [-0.15, -0.1) is 11.3 Å². The first kappa shape index (κ1) is 14.7. The molecule has 4 nitrogen and oxygen atoms in total. The van der Waals surface area contributed by atoms with Gasteiger partial charge < -0.3 is 15.6 Å². The van der Waals surface area contributed by atoms with Gasteiger partial charge in [-0.1, -0.05) is 18.5 Å². The van der Waals surface area contributed by atoms with Gasteiger partial charge in [0.1, 0.15) is 10.6 Å². The maximum Gasteiger partial charge on any atom is 0.348 e. The fourth-order valence-corrected chi connectivity index (χ4v) is 3.40. The molecule has 0 saturated carbocycles. The number of thiophene rings is 1. The van der Waals surface area contributed by atoms with Crippen LogP contribution in [-0.2, 0) is 6.42 Å². The van der Waals surface area contributed by atoms with E-state index in [2.05, 4.69) is 0 Å². The van der Waals surface area contributed by atoms with E-state index in [9.17, 15) is 9.90 Å². The van der Waals surface area contributed by atoms with E-state index >= 15 is 0 Å². The summed E-state index contributed by atoms with van der Waals surface area (Å²) in [5, 5.41) is 9.76. The summed E-state index contributed by atoms with van der Waals surface area (Å²) < 4.78 is 5.32. The Hall–Kier alpha value is -1.72. The van der Waals surface area contributed by atoms with Crippen LogP contribution in [0, 0.1) is 0 Å². The average molecular weight is 312 g/mol. The number of carboxylic acids is 1. The number of hydrogen-bond acceptors (Lipinski definition) is 4. The first-order valence-corrected chi connectivity index (χ1v) is 7.17. The van der Waals surface area contributed by atoms with Crippen LogP contribution in [0.25, 0.3) is 10.4 Å². The van der Waals surface area contributed by atoms with Crippen molar-refractivity contribution < 1.29 is 14.6 Å². The fraction of sp³-hybridized carbons (Fsp3) is 0.214. The van der Waals surface area contributed by atoms with Crippen LogP contribution < -0.4 is 10.5 Å². The quantitative estimate of drug-likeness (QED) is 0.897. The number of anilines is 1. The second-order valence-electron chi connectivity index (χ2n) is 4.16. The minimum atomic E-state index is -1.01. The van der Waals surface area contributed by atoms with Gasteiger partial charge in [0.05, 0.1) is 12.8 Å². The van der Waals surface area contributed by atoms with Crippen molar-refractivity contribution in [2.24, 2.45) is 0 Å². The summed E-state index contributed by atoms with van der Waals surface area (Å²) in [4.78, 5) is 12.2. The molecule has 0 aliphatic carbocycles. The number of rotatable bonds is 4. The Kier molecular flexibility index (Phi) is 4.20. The second-order valence-corrected chi connectivity index (χ2v) is 5.61. The van der Waals surface area contributed by atoms with Crippen molar-refractivity contribution in [1.29, 1.82) is 0 Å². The molecule has 0 spiro atoms. The molecule has 0 bridgehead atoms. The second kappa shape index (κ2) is 5.73. The first-order chi connectivity index (χ1) is 9.49. The number of nitrogen functional groups attached to an aromatic ring is 1. The number of methoxy groups -OCH3 is 1. The van der Waals surface area contributed by atoms with Gasteiger partial charge in [-0.2, -0.15) is 0 Å². The van der Waals surface area contributed by atoms with E-state index in [1.165, 1.54) is 0 Å². The van der Waals surface area contributed by atoms with Crippen LogP contribution in [0.1, 0.15) is 22.2 Å². The molecular weight excluding hydrogens is 298 g/mol. The van der Waals surface area contributed by atoms with Crippen LogP contribution in [0.4, 0.5) is 5.69 Å². The van der Waals surface area contributed by atoms with Crippen LogP contribution in [0.15, 0.2) is 18.2 Å². The van der Waals surface area contributed by atoms with Gasteiger partial charge in [0.25, 0.3) is 0 Å². The van der Waals surface area contributed by atoms with Gasteiger partial charge in [0.15, 0.2) is 0 Å². The topological polar surface area (TPSA) is 72.5 Å². The molecule has 0 radical (unpaired) electrons. The fourth-order valence-electron chi connectivity index (χ4n) is 2.06. The maximum atomic E-state index is 11.2. The number of aromatic carboxylic acids is 1. The summed E-state index contributed by atoms with van der Waals surface area (Å²) in [6, 6.07) is 5.26. The van der Waals surface area contributed by atoms with E-state index in [1.807, 2.05) is 13.0 Å². The number of carboxylic acid groups (broad SMARTS) is 1. The molecule has 0 fully saturated rings. The molecule has 0 saturated heterocycles. The van der Waals surface area contributed by atoms with Gasteiger partial charge in [0, 0.05) is 15.5 Å². The number of ether oxygens (including phenoxy) is 1. The number of nitrogens with two attached hydrogens (primary N) is 1. The first-order valence-electron chi connectivity index (χ1n) is 5.97. The highest BCUT2D eigenvalue weighted by Gasteiger charge is 2.22. The van der Waals surface area contributed by atoms with Crippen molar-refractivity contribution in [3.05, 3.63) is 33.7 Å². The van der Waals surface area contributed by atoms with Crippen molar-refractivity contribution in [2.45, 2.75) is 13.3 Å². The monoisotopic (exact) mass is 311 g/mol. The molecule has 2 aromatic rings. The van der Waals surface area contributed by atoms with Crippen molar-refractivity contribution in [1.82, 2.24) is 0 Å². The minimum absolute atomic E-state index is 0.161. The molecule has 0 unspecified atom stereocenters. The van der Waals surface area contributed by atoms with Crippen molar-refractivity contribution in [2.75, 3.05) is 12.8 Å². The highest BCUT2D eigenvalue weighted by Crippen LogP contribution is 2.43. The predicted octanol–water partition coefficient (Wildman–Crippen LogP) is 3.92. The third kappa shape index (κ3) is 2.46. The molecule has 20 heavy (non-hydrogen) atoms. The van der Waals surface area contributed by atoms with Crippen molar-refractivity contribution in [3.8, 4) is 16.2 Å². The Morgan fingerprint density at radius 2 is 2.20 bits per heavy atom. The predicted molar refractivity (Wildman–Crippen MR) is 82.1 cm³/mol. The molecule has 2 rings (SSSR count). The number of halogens is 1. The molecule has 1 aromatic heterocycles. The lowest BCUT2D eigenvalue weighted by atomic mass is 10.1. The molecule has 1 heterocycles. The highest BCUT2D eigenvalue weighted by molar-refractivity contribution is 7.18. The number of carbonyl (C=O) groups is 1. The van der Waals surface area contributed by atoms with E-state index in [0.29, 0.717) is 22.9 Å².